The molecule has 0 saturated heterocycles. The number of aromatic nitrogens is 4. The molecule has 3 aromatic heterocycles. The molecule has 1 unspecified atom stereocenters. The Hall–Kier alpha value is -2.15. The van der Waals surface area contributed by atoms with Crippen LogP contribution in [0.2, 0.25) is 0 Å². The van der Waals surface area contributed by atoms with Crippen LogP contribution >= 0.6 is 11.3 Å². The summed E-state index contributed by atoms with van der Waals surface area (Å²) in [6, 6.07) is 2.10. The summed E-state index contributed by atoms with van der Waals surface area (Å²) < 4.78 is 1.85. The highest BCUT2D eigenvalue weighted by molar-refractivity contribution is 7.07. The van der Waals surface area contributed by atoms with E-state index >= 15 is 0 Å². The van der Waals surface area contributed by atoms with E-state index in [2.05, 4.69) is 20.3 Å². The Morgan fingerprint density at radius 3 is 3.11 bits per heavy atom. The molecular weight excluding hydrogens is 250 g/mol. The topological polar surface area (TPSA) is 89.6 Å². The summed E-state index contributed by atoms with van der Waals surface area (Å²) in [5, 5.41) is 4.08. The number of nitrogens with one attached hydrogen (secondary N) is 1. The molecule has 0 aliphatic heterocycles. The molecule has 0 spiro atoms. The third-order valence-electron chi connectivity index (χ3n) is 2.89. The quantitative estimate of drug-likeness (QED) is 0.729. The standard InChI is InChI=1S/C11H11N5OS/c1-6(7-2-3-18-4-7)16-5-13-8-9(16)14-11(12)15-10(8)17/h2-6H,1H3,(H3,12,14,15,17). The predicted octanol–water partition coefficient (Wildman–Crippen LogP) is 1.37. The average Bonchev–Trinajstić information content (AvgIpc) is 2.96. The van der Waals surface area contributed by atoms with Crippen LogP contribution < -0.4 is 11.3 Å². The van der Waals surface area contributed by atoms with Gasteiger partial charge >= 0.3 is 0 Å². The number of fused-ring (bicyclic) bond motifs is 1. The summed E-state index contributed by atoms with van der Waals surface area (Å²) in [7, 11) is 0. The number of nitrogen functional groups attached to an aromatic ring is 1. The molecule has 0 amide bonds. The van der Waals surface area contributed by atoms with Crippen LogP contribution in [0.15, 0.2) is 27.9 Å². The third-order valence-corrected chi connectivity index (χ3v) is 3.59. The lowest BCUT2D eigenvalue weighted by molar-refractivity contribution is 0.654. The maximum Gasteiger partial charge on any atom is 0.280 e. The highest BCUT2D eigenvalue weighted by Crippen LogP contribution is 2.22. The van der Waals surface area contributed by atoms with E-state index in [0.717, 1.165) is 5.56 Å². The highest BCUT2D eigenvalue weighted by atomic mass is 32.1. The Bertz CT molecular complexity index is 742. The van der Waals surface area contributed by atoms with Crippen molar-refractivity contribution in [3.05, 3.63) is 39.1 Å². The van der Waals surface area contributed by atoms with Crippen molar-refractivity contribution in [3.63, 3.8) is 0 Å². The summed E-state index contributed by atoms with van der Waals surface area (Å²) in [5.41, 5.74) is 7.23. The van der Waals surface area contributed by atoms with E-state index in [9.17, 15) is 4.79 Å². The summed E-state index contributed by atoms with van der Waals surface area (Å²) in [6.45, 7) is 2.03. The summed E-state index contributed by atoms with van der Waals surface area (Å²) in [4.78, 5) is 22.4. The Kier molecular flexibility index (Phi) is 2.41. The lowest BCUT2D eigenvalue weighted by Crippen LogP contribution is -2.13. The molecule has 1 atom stereocenters. The Labute approximate surface area is 106 Å². The molecule has 0 aliphatic carbocycles. The van der Waals surface area contributed by atoms with Gasteiger partial charge in [-0.15, -0.1) is 0 Å². The van der Waals surface area contributed by atoms with Gasteiger partial charge in [0.25, 0.3) is 5.56 Å². The number of thiophene rings is 1. The molecular formula is C11H11N5OS. The maximum absolute atomic E-state index is 11.7. The van der Waals surface area contributed by atoms with Crippen molar-refractivity contribution < 1.29 is 0 Å². The molecule has 3 rings (SSSR count). The SMILES string of the molecule is CC(c1ccsc1)n1cnc2c(=O)[nH]c(N)nc21. The van der Waals surface area contributed by atoms with Crippen LogP contribution in [0.25, 0.3) is 11.2 Å². The minimum atomic E-state index is -0.311. The number of nitrogens with two attached hydrogens (primary N) is 1. The van der Waals surface area contributed by atoms with Crippen molar-refractivity contribution in [1.29, 1.82) is 0 Å². The summed E-state index contributed by atoms with van der Waals surface area (Å²) in [5.74, 6) is 0.103. The molecule has 0 aromatic carbocycles. The third kappa shape index (κ3) is 1.60. The Morgan fingerprint density at radius 1 is 1.56 bits per heavy atom. The van der Waals surface area contributed by atoms with Crippen molar-refractivity contribution >= 4 is 28.4 Å². The van der Waals surface area contributed by atoms with Crippen molar-refractivity contribution in [2.45, 2.75) is 13.0 Å². The number of H-pyrrole nitrogens is 1. The van der Waals surface area contributed by atoms with Crippen LogP contribution in [0, 0.1) is 0 Å². The second-order valence-corrected chi connectivity index (χ2v) is 4.79. The van der Waals surface area contributed by atoms with E-state index in [-0.39, 0.29) is 17.5 Å². The lowest BCUT2D eigenvalue weighted by Gasteiger charge is -2.12. The first-order chi connectivity index (χ1) is 8.66. The first-order valence-electron chi connectivity index (χ1n) is 5.41. The molecule has 0 saturated carbocycles. The molecule has 0 bridgehead atoms. The molecule has 6 nitrogen and oxygen atoms in total. The largest absolute Gasteiger partial charge is 0.369 e. The highest BCUT2D eigenvalue weighted by Gasteiger charge is 2.15. The van der Waals surface area contributed by atoms with Crippen LogP contribution in [0.5, 0.6) is 0 Å². The molecule has 0 fully saturated rings. The van der Waals surface area contributed by atoms with Crippen molar-refractivity contribution in [1.82, 2.24) is 19.5 Å². The number of nitrogens with zero attached hydrogens (tertiary/aromatic N) is 3. The van der Waals surface area contributed by atoms with Gasteiger partial charge < -0.3 is 10.3 Å². The minimum absolute atomic E-state index is 0.0648. The van der Waals surface area contributed by atoms with Crippen LogP contribution in [0.3, 0.4) is 0 Å². The minimum Gasteiger partial charge on any atom is -0.369 e. The monoisotopic (exact) mass is 261 g/mol. The molecule has 7 heteroatoms. The van der Waals surface area contributed by atoms with Gasteiger partial charge in [0.2, 0.25) is 5.95 Å². The van der Waals surface area contributed by atoms with Gasteiger partial charge in [0, 0.05) is 0 Å². The van der Waals surface area contributed by atoms with Gasteiger partial charge in [0.05, 0.1) is 12.4 Å². The zero-order chi connectivity index (χ0) is 12.7. The van der Waals surface area contributed by atoms with E-state index in [1.54, 1.807) is 17.7 Å². The normalized spacial score (nSPS) is 12.9. The summed E-state index contributed by atoms with van der Waals surface area (Å²) >= 11 is 1.63. The molecule has 0 radical (unpaired) electrons. The second kappa shape index (κ2) is 3.95. The average molecular weight is 261 g/mol. The van der Waals surface area contributed by atoms with Gasteiger partial charge in [0.1, 0.15) is 0 Å². The van der Waals surface area contributed by atoms with E-state index in [0.29, 0.717) is 11.2 Å². The fraction of sp³-hybridized carbons (Fsp3) is 0.182. The zero-order valence-corrected chi connectivity index (χ0v) is 10.4. The molecule has 0 aliphatic rings. The van der Waals surface area contributed by atoms with Gasteiger partial charge in [-0.25, -0.2) is 4.98 Å². The Balaban J connectivity index is 2.21. The smallest absolute Gasteiger partial charge is 0.280 e. The number of anilines is 1. The van der Waals surface area contributed by atoms with E-state index in [1.807, 2.05) is 22.9 Å². The van der Waals surface area contributed by atoms with Crippen molar-refractivity contribution in [3.8, 4) is 0 Å². The molecule has 3 heterocycles. The van der Waals surface area contributed by atoms with Gasteiger partial charge in [0.15, 0.2) is 11.2 Å². The van der Waals surface area contributed by atoms with Gasteiger partial charge in [-0.3, -0.25) is 9.78 Å². The van der Waals surface area contributed by atoms with Gasteiger partial charge in [-0.05, 0) is 29.3 Å². The molecule has 92 valence electrons. The zero-order valence-electron chi connectivity index (χ0n) is 9.62. The Morgan fingerprint density at radius 2 is 2.39 bits per heavy atom. The fourth-order valence-corrected chi connectivity index (χ4v) is 2.65. The fourth-order valence-electron chi connectivity index (χ4n) is 1.90. The molecule has 3 N–H and O–H groups in total. The molecule has 3 aromatic rings. The van der Waals surface area contributed by atoms with Crippen LogP contribution in [0.4, 0.5) is 5.95 Å². The molecule has 18 heavy (non-hydrogen) atoms. The predicted molar refractivity (Wildman–Crippen MR) is 70.7 cm³/mol. The van der Waals surface area contributed by atoms with E-state index < -0.39 is 0 Å². The van der Waals surface area contributed by atoms with E-state index in [4.69, 9.17) is 5.73 Å². The maximum atomic E-state index is 11.7. The van der Waals surface area contributed by atoms with Crippen molar-refractivity contribution in [2.75, 3.05) is 5.73 Å². The van der Waals surface area contributed by atoms with Gasteiger partial charge in [-0.2, -0.15) is 16.3 Å². The number of hydrogen-bond acceptors (Lipinski definition) is 5. The number of imidazole rings is 1. The number of aromatic amines is 1. The first kappa shape index (κ1) is 11.0. The number of hydrogen-bond donors (Lipinski definition) is 2. The summed E-state index contributed by atoms with van der Waals surface area (Å²) in [6.07, 6.45) is 1.62. The first-order valence-corrected chi connectivity index (χ1v) is 6.35. The second-order valence-electron chi connectivity index (χ2n) is 4.01. The number of rotatable bonds is 2. The van der Waals surface area contributed by atoms with Crippen LogP contribution in [-0.4, -0.2) is 19.5 Å². The van der Waals surface area contributed by atoms with E-state index in [1.165, 1.54) is 0 Å². The van der Waals surface area contributed by atoms with Crippen molar-refractivity contribution in [2.24, 2.45) is 0 Å². The van der Waals surface area contributed by atoms with Crippen LogP contribution in [0.1, 0.15) is 18.5 Å². The van der Waals surface area contributed by atoms with Gasteiger partial charge in [-0.1, -0.05) is 0 Å². The lowest BCUT2D eigenvalue weighted by atomic mass is 10.2. The van der Waals surface area contributed by atoms with Crippen LogP contribution in [-0.2, 0) is 0 Å².